The van der Waals surface area contributed by atoms with Gasteiger partial charge in [0.1, 0.15) is 18.1 Å². The molecule has 9 atom stereocenters. The van der Waals surface area contributed by atoms with E-state index in [9.17, 15) is 18.6 Å². The predicted octanol–water partition coefficient (Wildman–Crippen LogP) is 1.93. The van der Waals surface area contributed by atoms with Crippen molar-refractivity contribution in [3.05, 3.63) is 0 Å². The highest BCUT2D eigenvalue weighted by atomic mass is 31.2. The van der Waals surface area contributed by atoms with Gasteiger partial charge >= 0.3 is 8.00 Å². The maximum atomic E-state index is 14.5. The van der Waals surface area contributed by atoms with Crippen molar-refractivity contribution in [2.24, 2.45) is 0 Å². The first kappa shape index (κ1) is 22.3. The Hall–Kier alpha value is 0.0500. The number of nitrogens with one attached hydrogen (secondary N) is 1. The van der Waals surface area contributed by atoms with Gasteiger partial charge < -0.3 is 18.9 Å². The molecule has 0 amide bonds. The van der Waals surface area contributed by atoms with E-state index in [4.69, 9.17) is 18.5 Å². The summed E-state index contributed by atoms with van der Waals surface area (Å²) in [5.41, 5.74) is -1.66. The van der Waals surface area contributed by atoms with Crippen molar-refractivity contribution in [2.45, 2.75) is 70.0 Å². The van der Waals surface area contributed by atoms with Gasteiger partial charge in [0, 0.05) is 0 Å². The first-order chi connectivity index (χ1) is 12.0. The van der Waals surface area contributed by atoms with Crippen molar-refractivity contribution >= 4 is 27.6 Å². The third kappa shape index (κ3) is 5.10. The van der Waals surface area contributed by atoms with Crippen molar-refractivity contribution in [1.82, 2.24) is 5.09 Å². The van der Waals surface area contributed by atoms with Crippen LogP contribution in [0.1, 0.15) is 27.7 Å². The van der Waals surface area contributed by atoms with Crippen molar-refractivity contribution in [2.75, 3.05) is 13.2 Å². The normalized spacial score (nSPS) is 43.3. The lowest BCUT2D eigenvalue weighted by atomic mass is 10.00. The van der Waals surface area contributed by atoms with Gasteiger partial charge in [0.05, 0.1) is 31.5 Å². The molecule has 3 unspecified atom stereocenters. The average Bonchev–Trinajstić information content (AvgIpc) is 2.96. The Labute approximate surface area is 153 Å². The van der Waals surface area contributed by atoms with E-state index in [1.807, 2.05) is 0 Å². The molecule has 2 aliphatic rings. The minimum atomic E-state index is -3.30. The molecule has 0 saturated carbocycles. The number of rotatable bonds is 7. The van der Waals surface area contributed by atoms with Crippen LogP contribution in [0.4, 0.5) is 8.78 Å². The second kappa shape index (κ2) is 8.60. The largest absolute Gasteiger partial charge is 0.420 e. The smallest absolute Gasteiger partial charge is 0.373 e. The Balaban J connectivity index is 1.99. The Morgan fingerprint density at radius 2 is 2.12 bits per heavy atom. The number of halogens is 2. The van der Waals surface area contributed by atoms with Gasteiger partial charge in [-0.2, -0.15) is 4.89 Å². The molecule has 2 fully saturated rings. The quantitative estimate of drug-likeness (QED) is 0.545. The molecule has 152 valence electrons. The van der Waals surface area contributed by atoms with Crippen molar-refractivity contribution in [1.29, 1.82) is 0 Å². The number of ether oxygens (including phenoxy) is 2. The highest BCUT2D eigenvalue weighted by molar-refractivity contribution is 7.62. The molecule has 0 aliphatic carbocycles. The maximum Gasteiger partial charge on any atom is 0.420 e. The standard InChI is InChI=1S/C15H28F2NO6P2/c1-6-26(20,18-14-10(3)21-8-15(14,4)17)22-7-11-12(16)13(9(2)23-11)24-25(5)19/h6,9-14,18-20H,5,7-8H2,1-4H3/q+1/t9?,10-,11-,12-,13+,14-,15-,26?/m1/s1. The second-order valence-electron chi connectivity index (χ2n) is 6.82. The lowest BCUT2D eigenvalue weighted by Crippen LogP contribution is -2.46. The summed E-state index contributed by atoms with van der Waals surface area (Å²) in [5, 5.41) is 2.81. The fourth-order valence-corrected chi connectivity index (χ4v) is 5.29. The highest BCUT2D eigenvalue weighted by Crippen LogP contribution is 2.44. The number of hydrogen-bond donors (Lipinski definition) is 3. The Bertz CT molecular complexity index is 578. The van der Waals surface area contributed by atoms with E-state index >= 15 is 0 Å². The fourth-order valence-electron chi connectivity index (χ4n) is 3.10. The van der Waals surface area contributed by atoms with Crippen LogP contribution in [0.15, 0.2) is 0 Å². The molecule has 7 nitrogen and oxygen atoms in total. The van der Waals surface area contributed by atoms with Crippen LogP contribution >= 0.6 is 15.5 Å². The molecule has 0 aromatic rings. The lowest BCUT2D eigenvalue weighted by molar-refractivity contribution is 0.00251. The molecule has 11 heteroatoms. The fraction of sp³-hybridized carbons (Fsp3) is 0.867. The Kier molecular flexibility index (Phi) is 7.39. The van der Waals surface area contributed by atoms with E-state index in [0.717, 1.165) is 0 Å². The molecular formula is C15H28F2NO6P2+. The van der Waals surface area contributed by atoms with Crippen LogP contribution in [0.5, 0.6) is 0 Å². The van der Waals surface area contributed by atoms with E-state index in [1.165, 1.54) is 12.7 Å². The lowest BCUT2D eigenvalue weighted by Gasteiger charge is -2.31. The summed E-state index contributed by atoms with van der Waals surface area (Å²) in [5.74, 6) is 1.41. The van der Waals surface area contributed by atoms with Gasteiger partial charge in [-0.3, -0.25) is 0 Å². The van der Waals surface area contributed by atoms with E-state index in [0.29, 0.717) is 0 Å². The topological polar surface area (TPSA) is 89.4 Å². The summed E-state index contributed by atoms with van der Waals surface area (Å²) >= 11 is 0. The van der Waals surface area contributed by atoms with Gasteiger partial charge in [-0.1, -0.05) is 0 Å². The van der Waals surface area contributed by atoms with Crippen LogP contribution < -0.4 is 5.09 Å². The SMILES string of the molecule is C=[P+](O)O[C@H]1C(C)O[C@H](COP(O)(=CC)N[C@@H]2[C@@H](C)OC[C@@]2(C)F)[C@H]1F. The molecule has 0 aromatic heterocycles. The molecule has 2 saturated heterocycles. The first-order valence-electron chi connectivity index (χ1n) is 8.40. The summed E-state index contributed by atoms with van der Waals surface area (Å²) in [4.78, 5) is 19.9. The zero-order chi connectivity index (χ0) is 19.7. The molecule has 0 spiro atoms. The van der Waals surface area contributed by atoms with Crippen LogP contribution in [0.3, 0.4) is 0 Å². The minimum absolute atomic E-state index is 0.0838. The zero-order valence-electron chi connectivity index (χ0n) is 15.3. The summed E-state index contributed by atoms with van der Waals surface area (Å²) in [6.45, 7) is 5.96. The molecule has 2 heterocycles. The molecular weight excluding hydrogens is 390 g/mol. The third-order valence-corrected chi connectivity index (χ3v) is 7.00. The predicted molar refractivity (Wildman–Crippen MR) is 99.0 cm³/mol. The minimum Gasteiger partial charge on any atom is -0.373 e. The van der Waals surface area contributed by atoms with Gasteiger partial charge in [0.25, 0.3) is 0 Å². The van der Waals surface area contributed by atoms with E-state index < -0.39 is 57.8 Å². The Morgan fingerprint density at radius 1 is 1.46 bits per heavy atom. The molecule has 0 radical (unpaired) electrons. The molecule has 3 N–H and O–H groups in total. The maximum absolute atomic E-state index is 14.5. The molecule has 2 rings (SSSR count). The van der Waals surface area contributed by atoms with Crippen molar-refractivity contribution in [3.63, 3.8) is 0 Å². The van der Waals surface area contributed by atoms with E-state index in [-0.39, 0.29) is 13.2 Å². The van der Waals surface area contributed by atoms with Crippen LogP contribution in [0.25, 0.3) is 0 Å². The van der Waals surface area contributed by atoms with E-state index in [1.54, 1.807) is 20.8 Å². The summed E-state index contributed by atoms with van der Waals surface area (Å²) in [6.07, 6.45) is -1.21. The van der Waals surface area contributed by atoms with Crippen molar-refractivity contribution in [3.8, 4) is 0 Å². The average molecular weight is 418 g/mol. The molecule has 0 bridgehead atoms. The summed E-state index contributed by atoms with van der Waals surface area (Å²) < 4.78 is 50.4. The van der Waals surface area contributed by atoms with Gasteiger partial charge in [-0.15, -0.1) is 4.52 Å². The van der Waals surface area contributed by atoms with Gasteiger partial charge in [0.15, 0.2) is 19.8 Å². The van der Waals surface area contributed by atoms with Gasteiger partial charge in [0.2, 0.25) is 0 Å². The zero-order valence-corrected chi connectivity index (χ0v) is 17.1. The molecule has 0 aromatic carbocycles. The van der Waals surface area contributed by atoms with Crippen LogP contribution in [0, 0.1) is 0 Å². The summed E-state index contributed by atoms with van der Waals surface area (Å²) in [7, 11) is -5.27. The molecule has 26 heavy (non-hydrogen) atoms. The van der Waals surface area contributed by atoms with Crippen LogP contribution in [-0.2, 0) is 18.5 Å². The first-order valence-corrected chi connectivity index (χ1v) is 11.5. The second-order valence-corrected chi connectivity index (χ2v) is 10.0. The number of alkyl halides is 2. The monoisotopic (exact) mass is 418 g/mol. The van der Waals surface area contributed by atoms with Gasteiger partial charge in [-0.25, -0.2) is 13.9 Å². The van der Waals surface area contributed by atoms with Crippen molar-refractivity contribution < 1.29 is 37.1 Å². The number of hydrogen-bond acceptors (Lipinski definition) is 7. The highest BCUT2D eigenvalue weighted by Gasteiger charge is 2.49. The van der Waals surface area contributed by atoms with Crippen LogP contribution in [-0.4, -0.2) is 77.4 Å². The summed E-state index contributed by atoms with van der Waals surface area (Å²) in [6, 6.07) is -0.762. The third-order valence-electron chi connectivity index (χ3n) is 4.62. The molecule has 2 aliphatic heterocycles. The van der Waals surface area contributed by atoms with Crippen LogP contribution in [0.2, 0.25) is 0 Å². The Morgan fingerprint density at radius 3 is 2.62 bits per heavy atom. The van der Waals surface area contributed by atoms with Gasteiger partial charge in [-0.05, 0) is 33.5 Å². The van der Waals surface area contributed by atoms with E-state index in [2.05, 4.69) is 11.4 Å².